The van der Waals surface area contributed by atoms with E-state index in [1.54, 1.807) is 24.4 Å². The first-order valence-electron chi connectivity index (χ1n) is 8.15. The van der Waals surface area contributed by atoms with E-state index >= 15 is 0 Å². The van der Waals surface area contributed by atoms with Crippen molar-refractivity contribution >= 4 is 23.3 Å². The summed E-state index contributed by atoms with van der Waals surface area (Å²) in [6.45, 7) is 6.71. The second-order valence-electron chi connectivity index (χ2n) is 6.19. The number of hydrogen-bond donors (Lipinski definition) is 1. The third-order valence-corrected chi connectivity index (χ3v) is 3.87. The van der Waals surface area contributed by atoms with E-state index in [-0.39, 0.29) is 5.91 Å². The van der Waals surface area contributed by atoms with Crippen molar-refractivity contribution < 1.29 is 14.3 Å². The lowest BCUT2D eigenvalue weighted by molar-refractivity contribution is 0.102. The molecule has 25 heavy (non-hydrogen) atoms. The molecular formula is C19H23ClN2O3. The maximum atomic E-state index is 12.5. The number of methoxy groups -OCH3 is 1. The van der Waals surface area contributed by atoms with Crippen LogP contribution < -0.4 is 14.8 Å². The highest BCUT2D eigenvalue weighted by atomic mass is 35.5. The summed E-state index contributed by atoms with van der Waals surface area (Å²) >= 11 is 6.30. The van der Waals surface area contributed by atoms with Gasteiger partial charge in [-0.05, 0) is 49.1 Å². The minimum absolute atomic E-state index is 0.313. The highest BCUT2D eigenvalue weighted by Gasteiger charge is 2.16. The van der Waals surface area contributed by atoms with E-state index in [1.807, 2.05) is 13.0 Å². The zero-order valence-electron chi connectivity index (χ0n) is 14.9. The van der Waals surface area contributed by atoms with Crippen molar-refractivity contribution in [3.8, 4) is 11.5 Å². The average molecular weight is 363 g/mol. The van der Waals surface area contributed by atoms with Gasteiger partial charge in [0.25, 0.3) is 5.91 Å². The van der Waals surface area contributed by atoms with Crippen molar-refractivity contribution in [3.05, 3.63) is 46.6 Å². The van der Waals surface area contributed by atoms with Crippen LogP contribution in [0.4, 0.5) is 5.82 Å². The number of pyridine rings is 1. The number of anilines is 1. The smallest absolute Gasteiger partial charge is 0.257 e. The van der Waals surface area contributed by atoms with E-state index in [1.165, 1.54) is 7.11 Å². The molecule has 1 aromatic heterocycles. The quantitative estimate of drug-likeness (QED) is 0.773. The fourth-order valence-corrected chi connectivity index (χ4v) is 2.45. The number of nitrogens with one attached hydrogen (secondary N) is 1. The Balaban J connectivity index is 2.18. The van der Waals surface area contributed by atoms with Crippen LogP contribution in [0.1, 0.15) is 36.2 Å². The van der Waals surface area contributed by atoms with Gasteiger partial charge >= 0.3 is 0 Å². The summed E-state index contributed by atoms with van der Waals surface area (Å²) in [6, 6.07) is 6.83. The Bertz CT molecular complexity index is 747. The van der Waals surface area contributed by atoms with E-state index in [9.17, 15) is 4.79 Å². The topological polar surface area (TPSA) is 60.5 Å². The van der Waals surface area contributed by atoms with Gasteiger partial charge in [-0.25, -0.2) is 4.98 Å². The molecule has 2 aromatic rings. The van der Waals surface area contributed by atoms with Crippen molar-refractivity contribution in [3.63, 3.8) is 0 Å². The van der Waals surface area contributed by atoms with E-state index in [2.05, 4.69) is 24.1 Å². The Morgan fingerprint density at radius 1 is 1.32 bits per heavy atom. The van der Waals surface area contributed by atoms with Gasteiger partial charge in [-0.15, -0.1) is 0 Å². The van der Waals surface area contributed by atoms with Crippen molar-refractivity contribution in [2.24, 2.45) is 5.92 Å². The Labute approximate surface area is 153 Å². The summed E-state index contributed by atoms with van der Waals surface area (Å²) in [5.74, 6) is 1.58. The highest BCUT2D eigenvalue weighted by molar-refractivity contribution is 6.32. The molecule has 0 spiro atoms. The number of aryl methyl sites for hydroxylation is 1. The molecule has 0 aliphatic carbocycles. The Hall–Kier alpha value is -2.27. The van der Waals surface area contributed by atoms with Gasteiger partial charge in [-0.3, -0.25) is 4.79 Å². The van der Waals surface area contributed by atoms with Crippen LogP contribution in [0.5, 0.6) is 11.5 Å². The predicted octanol–water partition coefficient (Wildman–Crippen LogP) is 4.73. The molecular weight excluding hydrogens is 340 g/mol. The Kier molecular flexibility index (Phi) is 6.65. The first-order valence-corrected chi connectivity index (χ1v) is 8.53. The minimum atomic E-state index is -0.313. The largest absolute Gasteiger partial charge is 0.493 e. The van der Waals surface area contributed by atoms with Crippen LogP contribution in [0.2, 0.25) is 5.02 Å². The molecule has 6 heteroatoms. The molecule has 134 valence electrons. The molecule has 1 N–H and O–H groups in total. The summed E-state index contributed by atoms with van der Waals surface area (Å²) in [6.07, 6.45) is 2.55. The summed E-state index contributed by atoms with van der Waals surface area (Å²) in [4.78, 5) is 16.6. The van der Waals surface area contributed by atoms with Gasteiger partial charge in [-0.1, -0.05) is 25.4 Å². The molecule has 0 unspecified atom stereocenters. The standard InChI is InChI=1S/C19H23ClN2O3/c1-12(2)6-8-25-18-15(20)10-14(11-16(18)24-4)19(23)22-17-9-13(3)5-7-21-17/h5,7,9-12H,6,8H2,1-4H3,(H,21,22,23). The number of benzene rings is 1. The Morgan fingerprint density at radius 3 is 2.72 bits per heavy atom. The molecule has 0 fully saturated rings. The minimum Gasteiger partial charge on any atom is -0.493 e. The van der Waals surface area contributed by atoms with Crippen molar-refractivity contribution in [2.45, 2.75) is 27.2 Å². The SMILES string of the molecule is COc1cc(C(=O)Nc2cc(C)ccn2)cc(Cl)c1OCCC(C)C. The van der Waals surface area contributed by atoms with Crippen LogP contribution in [0.25, 0.3) is 0 Å². The van der Waals surface area contributed by atoms with Crippen LogP contribution in [-0.4, -0.2) is 24.6 Å². The molecule has 0 saturated heterocycles. The molecule has 0 aliphatic rings. The fraction of sp³-hybridized carbons (Fsp3) is 0.368. The van der Waals surface area contributed by atoms with E-state index < -0.39 is 0 Å². The number of carbonyl (C=O) groups is 1. The number of aromatic nitrogens is 1. The second kappa shape index (κ2) is 8.72. The zero-order valence-corrected chi connectivity index (χ0v) is 15.7. The van der Waals surface area contributed by atoms with Crippen LogP contribution in [-0.2, 0) is 0 Å². The monoisotopic (exact) mass is 362 g/mol. The lowest BCUT2D eigenvalue weighted by Gasteiger charge is -2.15. The maximum Gasteiger partial charge on any atom is 0.257 e. The second-order valence-corrected chi connectivity index (χ2v) is 6.60. The van der Waals surface area contributed by atoms with Gasteiger partial charge in [0.1, 0.15) is 5.82 Å². The molecule has 0 saturated carbocycles. The van der Waals surface area contributed by atoms with Gasteiger partial charge in [0.15, 0.2) is 11.5 Å². The number of carbonyl (C=O) groups excluding carboxylic acids is 1. The maximum absolute atomic E-state index is 12.5. The molecule has 0 radical (unpaired) electrons. The number of ether oxygens (including phenoxy) is 2. The van der Waals surface area contributed by atoms with Crippen molar-refractivity contribution in [1.82, 2.24) is 4.98 Å². The van der Waals surface area contributed by atoms with E-state index in [4.69, 9.17) is 21.1 Å². The molecule has 1 amide bonds. The normalized spacial score (nSPS) is 10.6. The molecule has 1 aromatic carbocycles. The number of amides is 1. The molecule has 0 bridgehead atoms. The third kappa shape index (κ3) is 5.36. The molecule has 0 aliphatic heterocycles. The molecule has 1 heterocycles. The number of rotatable bonds is 7. The first kappa shape index (κ1) is 19.1. The zero-order chi connectivity index (χ0) is 18.4. The van der Waals surface area contributed by atoms with E-state index in [0.717, 1.165) is 12.0 Å². The van der Waals surface area contributed by atoms with Gasteiger partial charge in [-0.2, -0.15) is 0 Å². The van der Waals surface area contributed by atoms with Crippen LogP contribution >= 0.6 is 11.6 Å². The van der Waals surface area contributed by atoms with Crippen LogP contribution in [0.15, 0.2) is 30.5 Å². The van der Waals surface area contributed by atoms with Crippen LogP contribution in [0.3, 0.4) is 0 Å². The molecule has 0 atom stereocenters. The van der Waals surface area contributed by atoms with E-state index in [0.29, 0.717) is 40.4 Å². The summed E-state index contributed by atoms with van der Waals surface area (Å²) in [5, 5.41) is 3.09. The number of nitrogens with zero attached hydrogens (tertiary/aromatic N) is 1. The van der Waals surface area contributed by atoms with Gasteiger partial charge in [0, 0.05) is 11.8 Å². The van der Waals surface area contributed by atoms with Gasteiger partial charge < -0.3 is 14.8 Å². The number of hydrogen-bond acceptors (Lipinski definition) is 4. The third-order valence-electron chi connectivity index (χ3n) is 3.59. The van der Waals surface area contributed by atoms with Gasteiger partial charge in [0.05, 0.1) is 18.7 Å². The Morgan fingerprint density at radius 2 is 2.08 bits per heavy atom. The average Bonchev–Trinajstić information content (AvgIpc) is 2.55. The predicted molar refractivity (Wildman–Crippen MR) is 99.9 cm³/mol. The summed E-state index contributed by atoms with van der Waals surface area (Å²) in [7, 11) is 1.52. The number of halogens is 1. The molecule has 2 rings (SSSR count). The molecule has 5 nitrogen and oxygen atoms in total. The lowest BCUT2D eigenvalue weighted by atomic mass is 10.1. The van der Waals surface area contributed by atoms with Crippen molar-refractivity contribution in [1.29, 1.82) is 0 Å². The first-order chi connectivity index (χ1) is 11.9. The lowest BCUT2D eigenvalue weighted by Crippen LogP contribution is -2.13. The fourth-order valence-electron chi connectivity index (χ4n) is 2.18. The van der Waals surface area contributed by atoms with Crippen LogP contribution in [0, 0.1) is 12.8 Å². The highest BCUT2D eigenvalue weighted by Crippen LogP contribution is 2.36. The summed E-state index contributed by atoms with van der Waals surface area (Å²) < 4.78 is 11.1. The summed E-state index contributed by atoms with van der Waals surface area (Å²) in [5.41, 5.74) is 1.39. The van der Waals surface area contributed by atoms with Crippen molar-refractivity contribution in [2.75, 3.05) is 19.0 Å². The van der Waals surface area contributed by atoms with Gasteiger partial charge in [0.2, 0.25) is 0 Å².